The van der Waals surface area contributed by atoms with Gasteiger partial charge in [-0.1, -0.05) is 6.07 Å². The van der Waals surface area contributed by atoms with Gasteiger partial charge in [-0.05, 0) is 48.9 Å². The number of benzene rings is 2. The fraction of sp³-hybridized carbons (Fsp3) is 0.360. The number of Topliss-reactive ketones (excluding diaryl/α,β-unsaturated/α-hetero) is 1. The van der Waals surface area contributed by atoms with Crippen molar-refractivity contribution in [3.63, 3.8) is 0 Å². The Morgan fingerprint density at radius 2 is 1.71 bits per heavy atom. The molecule has 2 N–H and O–H groups in total. The summed E-state index contributed by atoms with van der Waals surface area (Å²) in [6, 6.07) is 10.8. The van der Waals surface area contributed by atoms with Crippen molar-refractivity contribution in [2.75, 3.05) is 47.2 Å². The first-order chi connectivity index (χ1) is 16.5. The number of carbonyl (C=O) groups excluding carboxylic acids is 2. The van der Waals surface area contributed by atoms with Crippen LogP contribution in [-0.4, -0.2) is 74.0 Å². The second-order valence-corrected chi connectivity index (χ2v) is 7.40. The quantitative estimate of drug-likeness (QED) is 0.222. The minimum Gasteiger partial charge on any atom is -0.507 e. The maximum Gasteiger partial charge on any atom is 0.295 e. The number of likely N-dealkylation sites (tertiary alicyclic amines) is 1. The summed E-state index contributed by atoms with van der Waals surface area (Å²) in [5.41, 5.74) is 0.901. The van der Waals surface area contributed by atoms with Crippen LogP contribution in [0.3, 0.4) is 0 Å². The highest BCUT2D eigenvalue weighted by atomic mass is 16.5. The lowest BCUT2D eigenvalue weighted by Crippen LogP contribution is -2.33. The molecule has 182 valence electrons. The van der Waals surface area contributed by atoms with Crippen LogP contribution in [0.5, 0.6) is 17.2 Å². The molecule has 1 aliphatic heterocycles. The maximum absolute atomic E-state index is 13.1. The highest BCUT2D eigenvalue weighted by Gasteiger charge is 2.46. The van der Waals surface area contributed by atoms with Gasteiger partial charge in [-0.25, -0.2) is 0 Å². The number of ether oxygens (including phenoxy) is 4. The summed E-state index contributed by atoms with van der Waals surface area (Å²) in [7, 11) is 3.00. The minimum absolute atomic E-state index is 0.0384. The summed E-state index contributed by atoms with van der Waals surface area (Å²) in [6.45, 7) is 2.51. The summed E-state index contributed by atoms with van der Waals surface area (Å²) in [5, 5.41) is 20.1. The van der Waals surface area contributed by atoms with E-state index in [0.717, 1.165) is 0 Å². The highest BCUT2D eigenvalue weighted by Crippen LogP contribution is 2.41. The Labute approximate surface area is 198 Å². The van der Waals surface area contributed by atoms with E-state index in [-0.39, 0.29) is 37.7 Å². The molecule has 0 bridgehead atoms. The fourth-order valence-corrected chi connectivity index (χ4v) is 3.84. The van der Waals surface area contributed by atoms with E-state index < -0.39 is 17.7 Å². The molecule has 1 saturated heterocycles. The largest absolute Gasteiger partial charge is 0.507 e. The average molecular weight is 472 g/mol. The third-order valence-electron chi connectivity index (χ3n) is 5.41. The topological polar surface area (TPSA) is 115 Å². The molecule has 1 aliphatic rings. The van der Waals surface area contributed by atoms with Crippen LogP contribution in [0.1, 0.15) is 24.1 Å². The van der Waals surface area contributed by atoms with Crippen LogP contribution >= 0.6 is 0 Å². The number of rotatable bonds is 11. The molecule has 3 rings (SSSR count). The molecule has 2 aromatic rings. The molecule has 1 amide bonds. The Kier molecular flexibility index (Phi) is 8.50. The summed E-state index contributed by atoms with van der Waals surface area (Å²) in [5.74, 6) is -0.311. The molecule has 1 unspecified atom stereocenters. The van der Waals surface area contributed by atoms with Crippen LogP contribution in [0.25, 0.3) is 5.76 Å². The molecule has 0 aromatic heterocycles. The Bertz CT molecular complexity index is 1050. The van der Waals surface area contributed by atoms with Gasteiger partial charge in [0.1, 0.15) is 11.5 Å². The van der Waals surface area contributed by atoms with E-state index in [1.54, 1.807) is 42.5 Å². The number of carbonyl (C=O) groups is 2. The Morgan fingerprint density at radius 3 is 2.32 bits per heavy atom. The lowest BCUT2D eigenvalue weighted by molar-refractivity contribution is -0.140. The number of hydrogen-bond acceptors (Lipinski definition) is 8. The van der Waals surface area contributed by atoms with Gasteiger partial charge in [0.2, 0.25) is 0 Å². The molecule has 0 radical (unpaired) electrons. The maximum atomic E-state index is 13.1. The Balaban J connectivity index is 2.09. The first kappa shape index (κ1) is 25.1. The SMILES string of the molecule is CCOc1ccc(/C(O)=C2/C(=O)C(=O)N(CCOCCO)C2c2ccc(OC)c(OC)c2)cc1. The highest BCUT2D eigenvalue weighted by molar-refractivity contribution is 6.46. The fourth-order valence-electron chi connectivity index (χ4n) is 3.84. The third kappa shape index (κ3) is 5.16. The number of nitrogens with zero attached hydrogens (tertiary/aromatic N) is 1. The van der Waals surface area contributed by atoms with Gasteiger partial charge < -0.3 is 34.1 Å². The number of amides is 1. The second-order valence-electron chi connectivity index (χ2n) is 7.40. The van der Waals surface area contributed by atoms with E-state index in [0.29, 0.717) is 35.0 Å². The van der Waals surface area contributed by atoms with Gasteiger partial charge in [0, 0.05) is 12.1 Å². The van der Waals surface area contributed by atoms with Gasteiger partial charge in [-0.2, -0.15) is 0 Å². The molecule has 1 fully saturated rings. The number of ketones is 1. The number of methoxy groups -OCH3 is 2. The zero-order valence-corrected chi connectivity index (χ0v) is 19.4. The van der Waals surface area contributed by atoms with Gasteiger partial charge >= 0.3 is 0 Å². The van der Waals surface area contributed by atoms with Crippen molar-refractivity contribution in [1.82, 2.24) is 4.90 Å². The smallest absolute Gasteiger partial charge is 0.295 e. The minimum atomic E-state index is -0.871. The van der Waals surface area contributed by atoms with E-state index >= 15 is 0 Å². The van der Waals surface area contributed by atoms with Crippen LogP contribution in [0.2, 0.25) is 0 Å². The summed E-state index contributed by atoms with van der Waals surface area (Å²) in [4.78, 5) is 27.4. The van der Waals surface area contributed by atoms with Gasteiger partial charge in [-0.15, -0.1) is 0 Å². The molecule has 1 atom stereocenters. The predicted octanol–water partition coefficient (Wildman–Crippen LogP) is 2.53. The van der Waals surface area contributed by atoms with Crippen LogP contribution in [0, 0.1) is 0 Å². The van der Waals surface area contributed by atoms with E-state index in [2.05, 4.69) is 0 Å². The summed E-state index contributed by atoms with van der Waals surface area (Å²) >= 11 is 0. The molecular formula is C25H29NO8. The van der Waals surface area contributed by atoms with Crippen molar-refractivity contribution in [1.29, 1.82) is 0 Å². The summed E-state index contributed by atoms with van der Waals surface area (Å²) in [6.07, 6.45) is 0. The van der Waals surface area contributed by atoms with Crippen LogP contribution in [0.4, 0.5) is 0 Å². The lowest BCUT2D eigenvalue weighted by Gasteiger charge is -2.26. The van der Waals surface area contributed by atoms with Crippen molar-refractivity contribution >= 4 is 17.4 Å². The summed E-state index contributed by atoms with van der Waals surface area (Å²) < 4.78 is 21.5. The van der Waals surface area contributed by atoms with Crippen molar-refractivity contribution < 1.29 is 38.7 Å². The average Bonchev–Trinajstić information content (AvgIpc) is 3.11. The molecule has 0 spiro atoms. The van der Waals surface area contributed by atoms with E-state index in [1.807, 2.05) is 6.92 Å². The molecule has 0 saturated carbocycles. The molecule has 34 heavy (non-hydrogen) atoms. The first-order valence-electron chi connectivity index (χ1n) is 10.9. The Morgan fingerprint density at radius 1 is 1.00 bits per heavy atom. The zero-order valence-electron chi connectivity index (χ0n) is 19.4. The first-order valence-corrected chi connectivity index (χ1v) is 10.9. The van der Waals surface area contributed by atoms with Crippen molar-refractivity contribution in [2.45, 2.75) is 13.0 Å². The van der Waals surface area contributed by atoms with E-state index in [1.165, 1.54) is 19.1 Å². The van der Waals surface area contributed by atoms with Crippen LogP contribution < -0.4 is 14.2 Å². The van der Waals surface area contributed by atoms with Crippen molar-refractivity contribution in [2.24, 2.45) is 0 Å². The number of aliphatic hydroxyl groups excluding tert-OH is 2. The van der Waals surface area contributed by atoms with Gasteiger partial charge in [0.05, 0.1) is 52.3 Å². The molecule has 9 nitrogen and oxygen atoms in total. The molecule has 9 heteroatoms. The second kappa shape index (κ2) is 11.5. The molecule has 2 aromatic carbocycles. The third-order valence-corrected chi connectivity index (χ3v) is 5.41. The standard InChI is InChI=1S/C25H29NO8/c1-4-34-18-8-5-16(6-9-18)23(28)21-22(17-7-10-19(31-2)20(15-17)32-3)26(25(30)24(21)29)11-13-33-14-12-27/h5-10,15,22,27-28H,4,11-14H2,1-3H3/b23-21-. The lowest BCUT2D eigenvalue weighted by atomic mass is 9.95. The van der Waals surface area contributed by atoms with Gasteiger partial charge in [0.15, 0.2) is 11.5 Å². The molecular weight excluding hydrogens is 442 g/mol. The Hall–Kier alpha value is -3.56. The van der Waals surface area contributed by atoms with E-state index in [9.17, 15) is 14.7 Å². The van der Waals surface area contributed by atoms with Gasteiger partial charge in [0.25, 0.3) is 11.7 Å². The van der Waals surface area contributed by atoms with Gasteiger partial charge in [-0.3, -0.25) is 9.59 Å². The van der Waals surface area contributed by atoms with Crippen molar-refractivity contribution in [3.8, 4) is 17.2 Å². The normalized spacial score (nSPS) is 17.2. The number of hydrogen-bond donors (Lipinski definition) is 2. The zero-order chi connectivity index (χ0) is 24.7. The van der Waals surface area contributed by atoms with Crippen LogP contribution in [0.15, 0.2) is 48.0 Å². The predicted molar refractivity (Wildman–Crippen MR) is 124 cm³/mol. The van der Waals surface area contributed by atoms with Crippen molar-refractivity contribution in [3.05, 3.63) is 59.2 Å². The van der Waals surface area contributed by atoms with Crippen LogP contribution in [-0.2, 0) is 14.3 Å². The monoisotopic (exact) mass is 471 g/mol. The molecule has 1 heterocycles. The number of aliphatic hydroxyl groups is 2. The van der Waals surface area contributed by atoms with E-state index in [4.69, 9.17) is 24.1 Å². The molecule has 0 aliphatic carbocycles.